The van der Waals surface area contributed by atoms with Crippen molar-refractivity contribution in [3.8, 4) is 0 Å². The van der Waals surface area contributed by atoms with E-state index in [2.05, 4.69) is 0 Å². The average molecular weight is 125 g/mol. The molecule has 0 fully saturated rings. The van der Waals surface area contributed by atoms with Gasteiger partial charge in [-0.15, -0.1) is 11.3 Å². The number of hydrogen-bond donors (Lipinski definition) is 1. The van der Waals surface area contributed by atoms with Gasteiger partial charge in [0.05, 0.1) is 0 Å². The van der Waals surface area contributed by atoms with Crippen LogP contribution in [0.5, 0.6) is 0 Å². The van der Waals surface area contributed by atoms with E-state index in [1.165, 1.54) is 11.8 Å². The molecule has 0 saturated carbocycles. The minimum absolute atomic E-state index is 1.06. The lowest BCUT2D eigenvalue weighted by Crippen LogP contribution is -1.72. The quantitative estimate of drug-likeness (QED) is 0.555. The van der Waals surface area contributed by atoms with Crippen LogP contribution in [0, 0.1) is 12.3 Å². The highest BCUT2D eigenvalue weighted by atomic mass is 32.1. The van der Waals surface area contributed by atoms with Crippen molar-refractivity contribution < 1.29 is 0 Å². The van der Waals surface area contributed by atoms with Crippen LogP contribution in [0.2, 0.25) is 0 Å². The third kappa shape index (κ3) is 0.793. The molecule has 0 bridgehead atoms. The van der Waals surface area contributed by atoms with Gasteiger partial charge in [0, 0.05) is 11.1 Å². The number of nitrogens with one attached hydrogen (secondary N) is 1. The van der Waals surface area contributed by atoms with Crippen LogP contribution >= 0.6 is 11.3 Å². The molecular weight excluding hydrogens is 118 g/mol. The Bertz CT molecular complexity index is 190. The fourth-order valence-electron chi connectivity index (χ4n) is 0.532. The summed E-state index contributed by atoms with van der Waals surface area (Å²) < 4.78 is 0. The molecule has 0 saturated heterocycles. The predicted molar refractivity (Wildman–Crippen MR) is 36.9 cm³/mol. The maximum Gasteiger partial charge on any atom is 0.0475 e. The molecule has 42 valence electrons. The number of thiophene rings is 1. The molecule has 1 aromatic rings. The Morgan fingerprint density at radius 2 is 2.50 bits per heavy atom. The number of hydrogen-bond acceptors (Lipinski definition) is 2. The Morgan fingerprint density at radius 3 is 2.75 bits per heavy atom. The zero-order chi connectivity index (χ0) is 5.98. The maximum absolute atomic E-state index is 6.89. The summed E-state index contributed by atoms with van der Waals surface area (Å²) in [6.07, 6.45) is 1.39. The standard InChI is InChI=1S/C6H7NS/c1-5-2-3-8-6(5)4-7/h2-4,7H,1H3. The minimum Gasteiger partial charge on any atom is -0.307 e. The van der Waals surface area contributed by atoms with Crippen LogP contribution < -0.4 is 0 Å². The first kappa shape index (κ1) is 5.51. The van der Waals surface area contributed by atoms with Gasteiger partial charge in [-0.25, -0.2) is 0 Å². The third-order valence-electron chi connectivity index (χ3n) is 1.03. The second kappa shape index (κ2) is 2.09. The van der Waals surface area contributed by atoms with Crippen molar-refractivity contribution in [2.24, 2.45) is 0 Å². The summed E-state index contributed by atoms with van der Waals surface area (Å²) in [4.78, 5) is 1.06. The molecule has 0 aliphatic heterocycles. The normalized spacial score (nSPS) is 9.12. The maximum atomic E-state index is 6.89. The molecule has 2 heteroatoms. The van der Waals surface area contributed by atoms with E-state index in [1.54, 1.807) is 11.3 Å². The van der Waals surface area contributed by atoms with Crippen LogP contribution in [0.1, 0.15) is 10.4 Å². The molecule has 1 heterocycles. The van der Waals surface area contributed by atoms with Crippen molar-refractivity contribution in [1.82, 2.24) is 0 Å². The first-order valence-corrected chi connectivity index (χ1v) is 3.27. The lowest BCUT2D eigenvalue weighted by molar-refractivity contribution is 1.51. The highest BCUT2D eigenvalue weighted by molar-refractivity contribution is 7.11. The predicted octanol–water partition coefficient (Wildman–Crippen LogP) is 2.05. The van der Waals surface area contributed by atoms with Crippen molar-refractivity contribution in [1.29, 1.82) is 5.41 Å². The van der Waals surface area contributed by atoms with Gasteiger partial charge in [-0.3, -0.25) is 0 Å². The molecule has 0 radical (unpaired) electrons. The Labute approximate surface area is 52.5 Å². The Balaban J connectivity index is 3.09. The summed E-state index contributed by atoms with van der Waals surface area (Å²) in [7, 11) is 0. The molecule has 0 aromatic carbocycles. The van der Waals surface area contributed by atoms with Crippen LogP contribution in [-0.2, 0) is 0 Å². The largest absolute Gasteiger partial charge is 0.307 e. The van der Waals surface area contributed by atoms with Gasteiger partial charge in [0.25, 0.3) is 0 Å². The average Bonchev–Trinajstić information content (AvgIpc) is 2.14. The second-order valence-electron chi connectivity index (χ2n) is 1.61. The van der Waals surface area contributed by atoms with E-state index < -0.39 is 0 Å². The van der Waals surface area contributed by atoms with Gasteiger partial charge in [-0.2, -0.15) is 0 Å². The van der Waals surface area contributed by atoms with Crippen LogP contribution in [0.4, 0.5) is 0 Å². The lowest BCUT2D eigenvalue weighted by Gasteiger charge is -1.81. The van der Waals surface area contributed by atoms with Gasteiger partial charge < -0.3 is 5.41 Å². The first-order valence-electron chi connectivity index (χ1n) is 2.39. The van der Waals surface area contributed by atoms with Gasteiger partial charge in [-0.1, -0.05) is 0 Å². The van der Waals surface area contributed by atoms with Crippen molar-refractivity contribution >= 4 is 17.6 Å². The van der Waals surface area contributed by atoms with E-state index in [0.29, 0.717) is 0 Å². The number of aryl methyl sites for hydroxylation is 1. The summed E-state index contributed by atoms with van der Waals surface area (Å²) in [5.74, 6) is 0. The van der Waals surface area contributed by atoms with Gasteiger partial charge in [0.1, 0.15) is 0 Å². The molecule has 0 aliphatic carbocycles. The molecule has 1 N–H and O–H groups in total. The Kier molecular flexibility index (Phi) is 1.44. The molecule has 0 spiro atoms. The van der Waals surface area contributed by atoms with Crippen molar-refractivity contribution in [3.05, 3.63) is 21.9 Å². The van der Waals surface area contributed by atoms with Crippen molar-refractivity contribution in [2.75, 3.05) is 0 Å². The Hall–Kier alpha value is -0.630. The molecule has 0 atom stereocenters. The first-order chi connectivity index (χ1) is 3.84. The molecule has 8 heavy (non-hydrogen) atoms. The van der Waals surface area contributed by atoms with Gasteiger partial charge in [0.2, 0.25) is 0 Å². The minimum atomic E-state index is 1.06. The van der Waals surface area contributed by atoms with Gasteiger partial charge in [0.15, 0.2) is 0 Å². The zero-order valence-electron chi connectivity index (χ0n) is 4.64. The van der Waals surface area contributed by atoms with E-state index in [0.717, 1.165) is 4.88 Å². The van der Waals surface area contributed by atoms with E-state index >= 15 is 0 Å². The van der Waals surface area contributed by atoms with Crippen LogP contribution in [0.15, 0.2) is 11.4 Å². The molecule has 0 unspecified atom stereocenters. The van der Waals surface area contributed by atoms with Crippen LogP contribution in [0.25, 0.3) is 0 Å². The van der Waals surface area contributed by atoms with E-state index in [4.69, 9.17) is 5.41 Å². The SMILES string of the molecule is Cc1ccsc1C=N. The van der Waals surface area contributed by atoms with Gasteiger partial charge in [-0.05, 0) is 23.9 Å². The van der Waals surface area contributed by atoms with E-state index in [9.17, 15) is 0 Å². The third-order valence-corrected chi connectivity index (χ3v) is 2.00. The molecule has 0 aliphatic rings. The monoisotopic (exact) mass is 125 g/mol. The highest BCUT2D eigenvalue weighted by Gasteiger charge is 1.91. The molecule has 1 rings (SSSR count). The highest BCUT2D eigenvalue weighted by Crippen LogP contribution is 2.11. The van der Waals surface area contributed by atoms with Crippen LogP contribution in [-0.4, -0.2) is 6.21 Å². The molecule has 1 aromatic heterocycles. The Morgan fingerprint density at radius 1 is 1.75 bits per heavy atom. The summed E-state index contributed by atoms with van der Waals surface area (Å²) >= 11 is 1.61. The molecule has 1 nitrogen and oxygen atoms in total. The van der Waals surface area contributed by atoms with E-state index in [1.807, 2.05) is 18.4 Å². The lowest BCUT2D eigenvalue weighted by atomic mass is 10.3. The molecule has 0 amide bonds. The fourth-order valence-corrected chi connectivity index (χ4v) is 1.27. The second-order valence-corrected chi connectivity index (χ2v) is 2.56. The summed E-state index contributed by atoms with van der Waals surface area (Å²) in [5.41, 5.74) is 1.20. The summed E-state index contributed by atoms with van der Waals surface area (Å²) in [6, 6.07) is 2.02. The topological polar surface area (TPSA) is 23.9 Å². The zero-order valence-corrected chi connectivity index (χ0v) is 5.46. The van der Waals surface area contributed by atoms with Gasteiger partial charge >= 0.3 is 0 Å². The van der Waals surface area contributed by atoms with Crippen molar-refractivity contribution in [2.45, 2.75) is 6.92 Å². The fraction of sp³-hybridized carbons (Fsp3) is 0.167. The molecular formula is C6H7NS. The number of rotatable bonds is 1. The van der Waals surface area contributed by atoms with Crippen LogP contribution in [0.3, 0.4) is 0 Å². The smallest absolute Gasteiger partial charge is 0.0475 e. The van der Waals surface area contributed by atoms with E-state index in [-0.39, 0.29) is 0 Å². The summed E-state index contributed by atoms with van der Waals surface area (Å²) in [6.45, 7) is 2.01. The van der Waals surface area contributed by atoms with Crippen molar-refractivity contribution in [3.63, 3.8) is 0 Å². The summed E-state index contributed by atoms with van der Waals surface area (Å²) in [5, 5.41) is 8.88.